The van der Waals surface area contributed by atoms with Crippen molar-refractivity contribution in [3.63, 3.8) is 0 Å². The maximum absolute atomic E-state index is 13.7. The van der Waals surface area contributed by atoms with Gasteiger partial charge in [0.05, 0.1) is 13.5 Å². The number of rotatable bonds is 8. The van der Waals surface area contributed by atoms with E-state index in [2.05, 4.69) is 5.32 Å². The quantitative estimate of drug-likeness (QED) is 0.492. The SMILES string of the molecule is COc1ccc([C@H](C(=O)NC2CCCC2)N(C(=O)Cc2cccs2)c2ccc(F)cc2)cc1. The number of thiophene rings is 1. The fraction of sp³-hybridized carbons (Fsp3) is 0.308. The highest BCUT2D eigenvalue weighted by Crippen LogP contribution is 2.31. The van der Waals surface area contributed by atoms with Gasteiger partial charge in [0, 0.05) is 16.6 Å². The van der Waals surface area contributed by atoms with Gasteiger partial charge in [0.15, 0.2) is 0 Å². The first-order valence-corrected chi connectivity index (χ1v) is 12.0. The molecule has 1 aromatic heterocycles. The number of nitrogens with zero attached hydrogens (tertiary/aromatic N) is 1. The molecule has 2 aromatic carbocycles. The van der Waals surface area contributed by atoms with E-state index in [0.717, 1.165) is 30.6 Å². The first-order valence-electron chi connectivity index (χ1n) is 11.1. The molecule has 172 valence electrons. The van der Waals surface area contributed by atoms with Gasteiger partial charge in [-0.05, 0) is 66.2 Å². The lowest BCUT2D eigenvalue weighted by atomic mass is 10.0. The minimum Gasteiger partial charge on any atom is -0.497 e. The number of carbonyl (C=O) groups is 2. The van der Waals surface area contributed by atoms with Gasteiger partial charge in [0.25, 0.3) is 0 Å². The Hall–Kier alpha value is -3.19. The van der Waals surface area contributed by atoms with E-state index >= 15 is 0 Å². The van der Waals surface area contributed by atoms with Crippen LogP contribution in [0.1, 0.15) is 42.2 Å². The summed E-state index contributed by atoms with van der Waals surface area (Å²) in [6.45, 7) is 0. The smallest absolute Gasteiger partial charge is 0.248 e. The minimum absolute atomic E-state index is 0.0979. The molecule has 7 heteroatoms. The van der Waals surface area contributed by atoms with Crippen molar-refractivity contribution in [2.24, 2.45) is 0 Å². The molecule has 1 atom stereocenters. The number of methoxy groups -OCH3 is 1. The van der Waals surface area contributed by atoms with Crippen molar-refractivity contribution in [3.8, 4) is 5.75 Å². The van der Waals surface area contributed by atoms with Crippen LogP contribution in [0, 0.1) is 5.82 Å². The van der Waals surface area contributed by atoms with E-state index in [0.29, 0.717) is 17.0 Å². The van der Waals surface area contributed by atoms with Crippen LogP contribution in [0.5, 0.6) is 5.75 Å². The van der Waals surface area contributed by atoms with Gasteiger partial charge < -0.3 is 10.1 Å². The summed E-state index contributed by atoms with van der Waals surface area (Å²) < 4.78 is 19.0. The fourth-order valence-corrected chi connectivity index (χ4v) is 4.94. The van der Waals surface area contributed by atoms with Crippen LogP contribution in [0.25, 0.3) is 0 Å². The van der Waals surface area contributed by atoms with Gasteiger partial charge in [0.1, 0.15) is 17.6 Å². The second-order valence-electron chi connectivity index (χ2n) is 8.16. The number of hydrogen-bond donors (Lipinski definition) is 1. The molecule has 1 aliphatic carbocycles. The highest BCUT2D eigenvalue weighted by molar-refractivity contribution is 7.10. The molecule has 1 fully saturated rings. The Morgan fingerprint density at radius 3 is 2.39 bits per heavy atom. The van der Waals surface area contributed by atoms with E-state index in [-0.39, 0.29) is 24.3 Å². The van der Waals surface area contributed by atoms with E-state index in [1.807, 2.05) is 17.5 Å². The molecular weight excluding hydrogens is 439 g/mol. The summed E-state index contributed by atoms with van der Waals surface area (Å²) in [6, 6.07) is 15.8. The Bertz CT molecular complexity index is 1060. The van der Waals surface area contributed by atoms with Crippen LogP contribution in [0.15, 0.2) is 66.0 Å². The summed E-state index contributed by atoms with van der Waals surface area (Å²) in [4.78, 5) is 29.6. The van der Waals surface area contributed by atoms with Crippen molar-refractivity contribution in [1.29, 1.82) is 0 Å². The van der Waals surface area contributed by atoms with Crippen LogP contribution in [-0.2, 0) is 16.0 Å². The molecule has 0 saturated heterocycles. The first kappa shape index (κ1) is 23.0. The standard InChI is InChI=1S/C26H27FN2O3S/c1-32-22-14-8-18(9-15-22)25(26(31)28-20-5-2-3-6-20)29(21-12-10-19(27)11-13-21)24(30)17-23-7-4-16-33-23/h4,7-16,20,25H,2-3,5-6,17H2,1H3,(H,28,31)/t25-/m1/s1. The number of carbonyl (C=O) groups excluding carboxylic acids is 2. The zero-order valence-electron chi connectivity index (χ0n) is 18.5. The molecule has 2 amide bonds. The normalized spacial score (nSPS) is 14.6. The largest absolute Gasteiger partial charge is 0.497 e. The second-order valence-corrected chi connectivity index (χ2v) is 9.19. The van der Waals surface area contributed by atoms with Crippen LogP contribution in [-0.4, -0.2) is 25.0 Å². The predicted molar refractivity (Wildman–Crippen MR) is 128 cm³/mol. The third-order valence-electron chi connectivity index (χ3n) is 5.92. The predicted octanol–water partition coefficient (Wildman–Crippen LogP) is 5.27. The Morgan fingerprint density at radius 2 is 1.79 bits per heavy atom. The zero-order valence-corrected chi connectivity index (χ0v) is 19.3. The molecule has 0 radical (unpaired) electrons. The molecule has 0 unspecified atom stereocenters. The number of anilines is 1. The van der Waals surface area contributed by atoms with E-state index in [1.165, 1.54) is 28.4 Å². The third kappa shape index (κ3) is 5.60. The highest BCUT2D eigenvalue weighted by atomic mass is 32.1. The highest BCUT2D eigenvalue weighted by Gasteiger charge is 2.34. The van der Waals surface area contributed by atoms with E-state index in [1.54, 1.807) is 43.5 Å². The molecule has 5 nitrogen and oxygen atoms in total. The molecule has 1 saturated carbocycles. The van der Waals surface area contributed by atoms with E-state index in [4.69, 9.17) is 4.74 Å². The molecule has 1 N–H and O–H groups in total. The van der Waals surface area contributed by atoms with E-state index < -0.39 is 11.9 Å². The summed E-state index contributed by atoms with van der Waals surface area (Å²) in [6.07, 6.45) is 4.17. The Morgan fingerprint density at radius 1 is 1.09 bits per heavy atom. The van der Waals surface area contributed by atoms with Crippen molar-refractivity contribution >= 4 is 28.8 Å². The monoisotopic (exact) mass is 466 g/mol. The topological polar surface area (TPSA) is 58.6 Å². The molecule has 1 heterocycles. The van der Waals surface area contributed by atoms with Gasteiger partial charge in [-0.3, -0.25) is 14.5 Å². The van der Waals surface area contributed by atoms with Gasteiger partial charge in [-0.25, -0.2) is 4.39 Å². The number of nitrogens with one attached hydrogen (secondary N) is 1. The summed E-state index contributed by atoms with van der Waals surface area (Å²) in [5.74, 6) is -0.213. The van der Waals surface area contributed by atoms with Crippen molar-refractivity contribution in [3.05, 3.63) is 82.3 Å². The number of ether oxygens (including phenoxy) is 1. The minimum atomic E-state index is -0.894. The fourth-order valence-electron chi connectivity index (χ4n) is 4.24. The van der Waals surface area contributed by atoms with Crippen molar-refractivity contribution < 1.29 is 18.7 Å². The number of amides is 2. The van der Waals surface area contributed by atoms with Crippen LogP contribution >= 0.6 is 11.3 Å². The van der Waals surface area contributed by atoms with Crippen molar-refractivity contribution in [2.75, 3.05) is 12.0 Å². The zero-order chi connectivity index (χ0) is 23.2. The summed E-state index contributed by atoms with van der Waals surface area (Å²) in [5.41, 5.74) is 1.13. The van der Waals surface area contributed by atoms with Gasteiger partial charge in [0.2, 0.25) is 11.8 Å². The average Bonchev–Trinajstić information content (AvgIpc) is 3.53. The molecular formula is C26H27FN2O3S. The lowest BCUT2D eigenvalue weighted by Crippen LogP contribution is -2.46. The molecule has 4 rings (SSSR count). The maximum atomic E-state index is 13.7. The molecule has 0 aliphatic heterocycles. The number of benzene rings is 2. The van der Waals surface area contributed by atoms with Gasteiger partial charge in [-0.1, -0.05) is 31.0 Å². The van der Waals surface area contributed by atoms with Crippen molar-refractivity contribution in [2.45, 2.75) is 44.2 Å². The van der Waals surface area contributed by atoms with Crippen LogP contribution in [0.4, 0.5) is 10.1 Å². The van der Waals surface area contributed by atoms with Gasteiger partial charge >= 0.3 is 0 Å². The Balaban J connectivity index is 1.75. The lowest BCUT2D eigenvalue weighted by Gasteiger charge is -2.32. The van der Waals surface area contributed by atoms with Gasteiger partial charge in [-0.2, -0.15) is 0 Å². The molecule has 33 heavy (non-hydrogen) atoms. The Labute approximate surface area is 197 Å². The lowest BCUT2D eigenvalue weighted by molar-refractivity contribution is -0.127. The summed E-state index contributed by atoms with van der Waals surface area (Å²) in [7, 11) is 1.58. The summed E-state index contributed by atoms with van der Waals surface area (Å²) in [5, 5.41) is 5.06. The second kappa shape index (κ2) is 10.6. The first-order chi connectivity index (χ1) is 16.0. The van der Waals surface area contributed by atoms with Crippen LogP contribution in [0.3, 0.4) is 0 Å². The maximum Gasteiger partial charge on any atom is 0.248 e. The van der Waals surface area contributed by atoms with Crippen LogP contribution in [0.2, 0.25) is 0 Å². The third-order valence-corrected chi connectivity index (χ3v) is 6.80. The molecule has 0 spiro atoms. The Kier molecular flexibility index (Phi) is 7.40. The number of hydrogen-bond acceptors (Lipinski definition) is 4. The molecule has 0 bridgehead atoms. The average molecular weight is 467 g/mol. The summed E-state index contributed by atoms with van der Waals surface area (Å²) >= 11 is 1.49. The molecule has 1 aliphatic rings. The van der Waals surface area contributed by atoms with Gasteiger partial charge in [-0.15, -0.1) is 11.3 Å². The number of halogens is 1. The molecule has 3 aromatic rings. The van der Waals surface area contributed by atoms with E-state index in [9.17, 15) is 14.0 Å². The van der Waals surface area contributed by atoms with Crippen molar-refractivity contribution in [1.82, 2.24) is 5.32 Å². The van der Waals surface area contributed by atoms with Crippen LogP contribution < -0.4 is 15.0 Å².